The van der Waals surface area contributed by atoms with E-state index < -0.39 is 93.7 Å². The van der Waals surface area contributed by atoms with Crippen LogP contribution in [-0.4, -0.2) is 114 Å². The lowest BCUT2D eigenvalue weighted by molar-refractivity contribution is -0.0597. The molecule has 20 nitrogen and oxygen atoms in total. The number of methoxy groups -OCH3 is 2. The highest BCUT2D eigenvalue weighted by Gasteiger charge is 2.60. The van der Waals surface area contributed by atoms with Gasteiger partial charge in [0.05, 0.1) is 32.0 Å². The van der Waals surface area contributed by atoms with Crippen LogP contribution in [0.25, 0.3) is 0 Å². The standard InChI is InChI=1S/C25H22BrFN2O9.C9H10BrFN2O5.CH4O.H3N/c1-34-16-7-3-14(4-8-16)21(31)36-13-18-20(38-22(32)15-5-9-17(35-2)10-6-15)25(26,27)23(37-18)29-12-11-19(30)28-24(29)33;10-9(11)6(16)4(3-14)18-7(9)13-2-1-5(15)12-8(13)17;1-2;/h3-12,18,20,23H,13H2,1-2H3,(H,28,30,33);1-2,4,6-7,14,16H,3H2,(H,12,15,17);2H,1H3;1H3/t18-,20-,23-,25-;4-,6-,7-,9-;;/m11../s1. The Morgan fingerprint density at radius 3 is 1.58 bits per heavy atom. The van der Waals surface area contributed by atoms with Crippen LogP contribution in [0.4, 0.5) is 8.78 Å². The Bertz CT molecular complexity index is 2270. The van der Waals surface area contributed by atoms with Gasteiger partial charge in [0.1, 0.15) is 36.4 Å². The van der Waals surface area contributed by atoms with E-state index in [1.807, 2.05) is 9.97 Å². The SMILES string of the molecule is CO.COc1ccc(C(=O)OC[C@H]2O[C@@H](n3ccc(=O)[nH]c3=O)[C@@](F)(Br)[C@@H]2OC(=O)c2ccc(OC)cc2)cc1.N.O=c1ccn([C@@H]2O[C@H](CO)[C@@H](O)[C@]2(F)Br)c(=O)[nH]1. The van der Waals surface area contributed by atoms with E-state index in [1.54, 1.807) is 12.1 Å². The fourth-order valence-electron chi connectivity index (χ4n) is 5.47. The first-order chi connectivity index (χ1) is 27.5. The lowest BCUT2D eigenvalue weighted by Crippen LogP contribution is -2.44. The minimum atomic E-state index is -2.66. The van der Waals surface area contributed by atoms with Gasteiger partial charge in [-0.2, -0.15) is 0 Å². The van der Waals surface area contributed by atoms with Gasteiger partial charge in [-0.15, -0.1) is 0 Å². The smallest absolute Gasteiger partial charge is 0.338 e. The molecule has 4 heterocycles. The fraction of sp³-hybridized carbons (Fsp3) is 0.371. The summed E-state index contributed by atoms with van der Waals surface area (Å²) < 4.78 is 58.6. The van der Waals surface area contributed by atoms with Crippen LogP contribution in [0.1, 0.15) is 33.2 Å². The third kappa shape index (κ3) is 11.0. The van der Waals surface area contributed by atoms with Crippen LogP contribution in [0.2, 0.25) is 0 Å². The summed E-state index contributed by atoms with van der Waals surface area (Å²) in [4.78, 5) is 75.7. The van der Waals surface area contributed by atoms with E-state index in [9.17, 15) is 38.3 Å². The third-order valence-electron chi connectivity index (χ3n) is 8.38. The van der Waals surface area contributed by atoms with Crippen molar-refractivity contribution in [2.24, 2.45) is 0 Å². The van der Waals surface area contributed by atoms with Crippen LogP contribution in [0, 0.1) is 0 Å². The average Bonchev–Trinajstić information content (AvgIpc) is 3.59. The molecule has 2 aromatic heterocycles. The summed E-state index contributed by atoms with van der Waals surface area (Å²) >= 11 is 5.54. The molecule has 59 heavy (non-hydrogen) atoms. The van der Waals surface area contributed by atoms with Gasteiger partial charge in [-0.05, 0) is 80.4 Å². The van der Waals surface area contributed by atoms with Crippen LogP contribution in [0.3, 0.4) is 0 Å². The first-order valence-electron chi connectivity index (χ1n) is 16.6. The van der Waals surface area contributed by atoms with Crippen molar-refractivity contribution < 1.29 is 62.1 Å². The number of hydrogen-bond acceptors (Lipinski definition) is 16. The van der Waals surface area contributed by atoms with Crippen molar-refractivity contribution in [1.82, 2.24) is 25.3 Å². The van der Waals surface area contributed by atoms with Crippen molar-refractivity contribution in [3.63, 3.8) is 0 Å². The number of rotatable bonds is 10. The molecule has 6 rings (SSSR count). The first-order valence-corrected chi connectivity index (χ1v) is 18.2. The predicted molar refractivity (Wildman–Crippen MR) is 208 cm³/mol. The number of aromatic nitrogens is 4. The van der Waals surface area contributed by atoms with Crippen LogP contribution in [-0.2, 0) is 18.9 Å². The number of nitrogens with zero attached hydrogens (tertiary/aromatic N) is 2. The molecule has 8 atom stereocenters. The molecule has 0 aliphatic carbocycles. The number of carbonyl (C=O) groups excluding carboxylic acids is 2. The van der Waals surface area contributed by atoms with E-state index in [4.69, 9.17) is 38.6 Å². The molecule has 0 amide bonds. The van der Waals surface area contributed by atoms with Gasteiger partial charge in [0.2, 0.25) is 9.16 Å². The van der Waals surface area contributed by atoms with Crippen molar-refractivity contribution in [3.8, 4) is 11.5 Å². The van der Waals surface area contributed by atoms with Gasteiger partial charge in [-0.25, -0.2) is 28.0 Å². The summed E-state index contributed by atoms with van der Waals surface area (Å²) in [6.07, 6.45) is -6.93. The van der Waals surface area contributed by atoms with E-state index in [0.717, 1.165) is 40.8 Å². The summed E-state index contributed by atoms with van der Waals surface area (Å²) in [6.45, 7) is -1.13. The number of alkyl halides is 4. The van der Waals surface area contributed by atoms with Crippen LogP contribution in [0.15, 0.2) is 92.2 Å². The lowest BCUT2D eigenvalue weighted by Gasteiger charge is -2.26. The molecule has 322 valence electrons. The quantitative estimate of drug-likeness (QED) is 0.0962. The minimum absolute atomic E-state index is 0. The van der Waals surface area contributed by atoms with E-state index >= 15 is 4.39 Å². The third-order valence-corrected chi connectivity index (χ3v) is 10.1. The molecule has 8 N–H and O–H groups in total. The molecule has 0 saturated carbocycles. The van der Waals surface area contributed by atoms with E-state index in [1.165, 1.54) is 50.6 Å². The Kier molecular flexibility index (Phi) is 17.0. The monoisotopic (exact) mass is 965 g/mol. The molecule has 24 heteroatoms. The Hall–Kier alpha value is -5.08. The molecule has 4 aromatic rings. The molecule has 2 aromatic carbocycles. The molecule has 0 unspecified atom stereocenters. The highest BCUT2D eigenvalue weighted by Crippen LogP contribution is 2.48. The lowest BCUT2D eigenvalue weighted by atomic mass is 10.1. The number of carbonyl (C=O) groups is 2. The first kappa shape index (κ1) is 48.3. The highest BCUT2D eigenvalue weighted by molar-refractivity contribution is 9.10. The zero-order chi connectivity index (χ0) is 42.9. The molecule has 2 aliphatic rings. The maximum absolute atomic E-state index is 16.2. The maximum Gasteiger partial charge on any atom is 0.338 e. The maximum atomic E-state index is 16.2. The number of esters is 2. The van der Waals surface area contributed by atoms with Crippen molar-refractivity contribution in [2.45, 2.75) is 46.0 Å². The van der Waals surface area contributed by atoms with E-state index in [0.29, 0.717) is 11.5 Å². The van der Waals surface area contributed by atoms with Gasteiger partial charge in [0.25, 0.3) is 11.1 Å². The average molecular weight is 968 g/mol. The van der Waals surface area contributed by atoms with Gasteiger partial charge in [0, 0.05) is 31.6 Å². The summed E-state index contributed by atoms with van der Waals surface area (Å²) in [7, 11) is 3.94. The summed E-state index contributed by atoms with van der Waals surface area (Å²) in [5.41, 5.74) is -2.88. The number of aromatic amines is 2. The Balaban J connectivity index is 0.000000371. The van der Waals surface area contributed by atoms with E-state index in [-0.39, 0.29) is 17.3 Å². The van der Waals surface area contributed by atoms with Crippen molar-refractivity contribution in [2.75, 3.05) is 34.5 Å². The Morgan fingerprint density at radius 2 is 1.17 bits per heavy atom. The van der Waals surface area contributed by atoms with Crippen LogP contribution >= 0.6 is 31.9 Å². The Labute approximate surface area is 348 Å². The molecule has 0 radical (unpaired) electrons. The minimum Gasteiger partial charge on any atom is -0.497 e. The zero-order valence-electron chi connectivity index (χ0n) is 31.2. The van der Waals surface area contributed by atoms with E-state index in [2.05, 4.69) is 31.9 Å². The normalized spacial score (nSPS) is 25.5. The van der Waals surface area contributed by atoms with Gasteiger partial charge >= 0.3 is 23.3 Å². The molecule has 2 aliphatic heterocycles. The molecule has 2 saturated heterocycles. The summed E-state index contributed by atoms with van der Waals surface area (Å²) in [5.74, 6) is -0.627. The number of ether oxygens (including phenoxy) is 6. The molecule has 0 bridgehead atoms. The number of halogens is 4. The number of H-pyrrole nitrogens is 2. The van der Waals surface area contributed by atoms with Crippen molar-refractivity contribution >= 4 is 43.8 Å². The summed E-state index contributed by atoms with van der Waals surface area (Å²) in [5, 5.41) is 25.5. The van der Waals surface area contributed by atoms with Gasteiger partial charge < -0.3 is 49.9 Å². The largest absolute Gasteiger partial charge is 0.497 e. The second kappa shape index (κ2) is 20.7. The number of benzene rings is 2. The van der Waals surface area contributed by atoms with Crippen molar-refractivity contribution in [3.05, 3.63) is 126 Å². The number of nitrogens with one attached hydrogen (secondary N) is 2. The summed E-state index contributed by atoms with van der Waals surface area (Å²) in [6, 6.07) is 14.0. The number of aliphatic hydroxyl groups excluding tert-OH is 3. The molecular weight excluding hydrogens is 928 g/mol. The Morgan fingerprint density at radius 1 is 0.746 bits per heavy atom. The topological polar surface area (TPSA) is 295 Å². The predicted octanol–water partition coefficient (Wildman–Crippen LogP) is 1.21. The van der Waals surface area contributed by atoms with Crippen molar-refractivity contribution in [1.29, 1.82) is 0 Å². The second-order valence-corrected chi connectivity index (χ2v) is 14.4. The fourth-order valence-corrected chi connectivity index (χ4v) is 6.81. The zero-order valence-corrected chi connectivity index (χ0v) is 34.3. The number of aliphatic hydroxyl groups is 3. The molecule has 0 spiro atoms. The molecule has 2 fully saturated rings. The van der Waals surface area contributed by atoms with Gasteiger partial charge in [-0.1, -0.05) is 0 Å². The number of hydrogen-bond donors (Lipinski definition) is 6. The highest BCUT2D eigenvalue weighted by atomic mass is 79.9. The molecular formula is C35H39Br2F2N5O15. The van der Waals surface area contributed by atoms with Gasteiger partial charge in [-0.3, -0.25) is 28.7 Å². The van der Waals surface area contributed by atoms with Crippen LogP contribution in [0.5, 0.6) is 11.5 Å². The van der Waals surface area contributed by atoms with Crippen LogP contribution < -0.4 is 38.1 Å². The second-order valence-electron chi connectivity index (χ2n) is 11.9. The van der Waals surface area contributed by atoms with Gasteiger partial charge in [0.15, 0.2) is 18.6 Å².